The molecule has 2 fully saturated rings. The zero-order valence-corrected chi connectivity index (χ0v) is 24.2. The molecule has 5 nitrogen and oxygen atoms in total. The van der Waals surface area contributed by atoms with Crippen LogP contribution in [0.1, 0.15) is 92.9 Å². The number of hydrogen-bond acceptors (Lipinski definition) is 5. The Hall–Kier alpha value is -2.92. The quantitative estimate of drug-likeness (QED) is 0.292. The summed E-state index contributed by atoms with van der Waals surface area (Å²) < 4.78 is 0. The van der Waals surface area contributed by atoms with Crippen LogP contribution >= 0.6 is 0 Å². The highest BCUT2D eigenvalue weighted by molar-refractivity contribution is 6.11. The highest BCUT2D eigenvalue weighted by Crippen LogP contribution is 2.65. The summed E-state index contributed by atoms with van der Waals surface area (Å²) in [5.41, 5.74) is 9.73. The van der Waals surface area contributed by atoms with E-state index in [-0.39, 0.29) is 22.5 Å². The molecule has 0 aromatic rings. The van der Waals surface area contributed by atoms with E-state index in [1.165, 1.54) is 33.4 Å². The van der Waals surface area contributed by atoms with Crippen molar-refractivity contribution in [2.45, 2.75) is 98.5 Å². The lowest BCUT2D eigenvalue weighted by molar-refractivity contribution is -0.137. The van der Waals surface area contributed by atoms with E-state index in [2.05, 4.69) is 50.9 Å². The number of nitrogens with zero attached hydrogens (tertiary/aromatic N) is 2. The molecule has 0 saturated heterocycles. The normalized spacial score (nSPS) is 30.5. The van der Waals surface area contributed by atoms with Crippen LogP contribution in [-0.4, -0.2) is 34.7 Å². The lowest BCUT2D eigenvalue weighted by Crippen LogP contribution is -2.49. The molecular weight excluding hydrogens is 484 g/mol. The molecule has 2 saturated carbocycles. The van der Waals surface area contributed by atoms with Crippen LogP contribution < -0.4 is 0 Å². The Morgan fingerprint density at radius 3 is 1.87 bits per heavy atom. The molecule has 5 heteroatoms. The molecule has 2 spiro atoms. The topological polar surface area (TPSA) is 79.1 Å². The Kier molecular flexibility index (Phi) is 5.93. The minimum absolute atomic E-state index is 0.102. The molecule has 0 aromatic heterocycles. The number of ketones is 2. The molecule has 39 heavy (non-hydrogen) atoms. The molecule has 0 aliphatic heterocycles. The second-order valence-electron chi connectivity index (χ2n) is 12.8. The average Bonchev–Trinajstić information content (AvgIpc) is 3.81. The Bertz CT molecular complexity index is 1460. The molecule has 204 valence electrons. The lowest BCUT2D eigenvalue weighted by atomic mass is 9.67. The van der Waals surface area contributed by atoms with Crippen molar-refractivity contribution in [3.8, 4) is 0 Å². The largest absolute Gasteiger partial charge is 0.381 e. The van der Waals surface area contributed by atoms with Crippen LogP contribution in [0.15, 0.2) is 78.1 Å². The van der Waals surface area contributed by atoms with Crippen molar-refractivity contribution >= 4 is 24.0 Å². The maximum absolute atomic E-state index is 13.1. The molecule has 6 aliphatic rings. The van der Waals surface area contributed by atoms with E-state index in [9.17, 15) is 14.7 Å². The summed E-state index contributed by atoms with van der Waals surface area (Å²) in [6.45, 7) is 12.3. The number of hydrogen-bond donors (Lipinski definition) is 1. The highest BCUT2D eigenvalue weighted by Gasteiger charge is 2.65. The average molecular weight is 525 g/mol. The van der Waals surface area contributed by atoms with Gasteiger partial charge in [-0.25, -0.2) is 0 Å². The third-order valence-electron chi connectivity index (χ3n) is 11.0. The fourth-order valence-electron chi connectivity index (χ4n) is 8.04. The van der Waals surface area contributed by atoms with Gasteiger partial charge in [0.25, 0.3) is 0 Å². The summed E-state index contributed by atoms with van der Waals surface area (Å²) >= 11 is 0. The number of aliphatic hydroxyl groups is 1. The molecule has 6 aliphatic carbocycles. The van der Waals surface area contributed by atoms with E-state index < -0.39 is 5.60 Å². The first-order valence-electron chi connectivity index (χ1n) is 14.6. The highest BCUT2D eigenvalue weighted by atomic mass is 16.3. The van der Waals surface area contributed by atoms with Crippen molar-refractivity contribution in [2.24, 2.45) is 27.0 Å². The maximum atomic E-state index is 13.1. The third kappa shape index (κ3) is 3.61. The van der Waals surface area contributed by atoms with Crippen LogP contribution in [0.25, 0.3) is 0 Å². The van der Waals surface area contributed by atoms with Gasteiger partial charge in [0.2, 0.25) is 0 Å². The maximum Gasteiger partial charge on any atom is 0.195 e. The summed E-state index contributed by atoms with van der Waals surface area (Å²) in [6.07, 6.45) is 15.0. The molecule has 0 aromatic carbocycles. The Labute approximate surface area is 231 Å². The van der Waals surface area contributed by atoms with Gasteiger partial charge in [0, 0.05) is 40.3 Å². The first kappa shape index (κ1) is 26.3. The second-order valence-corrected chi connectivity index (χ2v) is 12.8. The summed E-state index contributed by atoms with van der Waals surface area (Å²) in [7, 11) is 0. The van der Waals surface area contributed by atoms with E-state index in [0.29, 0.717) is 11.4 Å². The van der Waals surface area contributed by atoms with Crippen molar-refractivity contribution in [2.75, 3.05) is 0 Å². The summed E-state index contributed by atoms with van der Waals surface area (Å²) in [4.78, 5) is 26.2. The molecule has 6 rings (SSSR count). The summed E-state index contributed by atoms with van der Waals surface area (Å²) in [5.74, 6) is 0.288. The molecule has 0 unspecified atom stereocenters. The smallest absolute Gasteiger partial charge is 0.195 e. The second kappa shape index (κ2) is 8.79. The molecule has 2 atom stereocenters. The van der Waals surface area contributed by atoms with Gasteiger partial charge in [-0.1, -0.05) is 18.1 Å². The fourth-order valence-corrected chi connectivity index (χ4v) is 8.04. The number of allylic oxidation sites excluding steroid dienone is 10. The zero-order valence-electron chi connectivity index (χ0n) is 24.2. The van der Waals surface area contributed by atoms with Crippen LogP contribution in [0, 0.1) is 16.7 Å². The van der Waals surface area contributed by atoms with Crippen LogP contribution in [0.5, 0.6) is 0 Å². The van der Waals surface area contributed by atoms with Gasteiger partial charge >= 0.3 is 0 Å². The van der Waals surface area contributed by atoms with Gasteiger partial charge < -0.3 is 5.11 Å². The minimum atomic E-state index is -1.30. The standard InChI is InChI=1S/C34H40N2O3/c1-19-17-26-28(21(3)33(11-12-33)23(5)30(26)37)24(19)9-7-15-35-36-16-8-10-25-20(2)18-27-29(25)22(4)34(13-14-34)32(6,39)31(27)38/h15-18,23,39H,7-14H2,1-6H3/b35-15+,36-16+/t23-,32-/m1/s1. The van der Waals surface area contributed by atoms with Crippen LogP contribution in [0.2, 0.25) is 0 Å². The van der Waals surface area contributed by atoms with E-state index in [4.69, 9.17) is 0 Å². The van der Waals surface area contributed by atoms with E-state index in [1.54, 1.807) is 6.92 Å². The Morgan fingerprint density at radius 2 is 1.36 bits per heavy atom. The summed E-state index contributed by atoms with van der Waals surface area (Å²) in [6, 6.07) is 0. The number of Topliss-reactive ketones (excluding diaryl/α,β-unsaturated/α-hetero) is 2. The van der Waals surface area contributed by atoms with E-state index in [1.807, 2.05) is 18.5 Å². The predicted octanol–water partition coefficient (Wildman–Crippen LogP) is 6.86. The number of rotatable bonds is 7. The molecular formula is C34H40N2O3. The van der Waals surface area contributed by atoms with Gasteiger partial charge in [-0.3, -0.25) is 9.59 Å². The van der Waals surface area contributed by atoms with Gasteiger partial charge in [-0.15, -0.1) is 0 Å². The van der Waals surface area contributed by atoms with Gasteiger partial charge in [0.05, 0.1) is 0 Å². The van der Waals surface area contributed by atoms with E-state index in [0.717, 1.165) is 68.1 Å². The number of carbonyl (C=O) groups excluding carboxylic acids is 2. The zero-order chi connectivity index (χ0) is 27.9. The first-order valence-corrected chi connectivity index (χ1v) is 14.6. The first-order chi connectivity index (χ1) is 18.5. The number of carbonyl (C=O) groups is 2. The third-order valence-corrected chi connectivity index (χ3v) is 11.0. The Balaban J connectivity index is 1.06. The SMILES string of the molecule is CC1=C(CC/C=N/N=C/CCC2=C(C)C=C3C(=O)[C@@](C)(O)C4(CC4)C(C)=C32)C2=C(C)C3(CC3)[C@H](C)C(=O)C2=C1. The van der Waals surface area contributed by atoms with Crippen LogP contribution in [0.4, 0.5) is 0 Å². The number of fused-ring (bicyclic) bond motifs is 2. The van der Waals surface area contributed by atoms with Crippen molar-refractivity contribution in [3.05, 3.63) is 67.9 Å². The summed E-state index contributed by atoms with van der Waals surface area (Å²) in [5, 5.41) is 19.6. The molecule has 0 bridgehead atoms. The van der Waals surface area contributed by atoms with Crippen LogP contribution in [0.3, 0.4) is 0 Å². The van der Waals surface area contributed by atoms with Crippen molar-refractivity contribution in [1.82, 2.24) is 0 Å². The van der Waals surface area contributed by atoms with Crippen molar-refractivity contribution in [1.29, 1.82) is 0 Å². The van der Waals surface area contributed by atoms with Gasteiger partial charge in [0.1, 0.15) is 5.60 Å². The van der Waals surface area contributed by atoms with Gasteiger partial charge in [0.15, 0.2) is 11.6 Å². The van der Waals surface area contributed by atoms with Crippen molar-refractivity contribution < 1.29 is 14.7 Å². The van der Waals surface area contributed by atoms with Gasteiger partial charge in [-0.2, -0.15) is 10.2 Å². The van der Waals surface area contributed by atoms with E-state index >= 15 is 0 Å². The molecule has 0 amide bonds. The molecule has 0 radical (unpaired) electrons. The molecule has 0 heterocycles. The lowest BCUT2D eigenvalue weighted by Gasteiger charge is -2.39. The monoisotopic (exact) mass is 524 g/mol. The fraction of sp³-hybridized carbons (Fsp3) is 0.529. The minimum Gasteiger partial charge on any atom is -0.381 e. The predicted molar refractivity (Wildman–Crippen MR) is 156 cm³/mol. The Morgan fingerprint density at radius 1 is 0.846 bits per heavy atom. The van der Waals surface area contributed by atoms with Crippen molar-refractivity contribution in [3.63, 3.8) is 0 Å². The molecule has 1 N–H and O–H groups in total. The van der Waals surface area contributed by atoms with Crippen LogP contribution in [-0.2, 0) is 9.59 Å². The van der Waals surface area contributed by atoms with Gasteiger partial charge in [-0.05, 0) is 132 Å².